The van der Waals surface area contributed by atoms with Crippen molar-refractivity contribution in [1.82, 2.24) is 0 Å². The fourth-order valence-electron chi connectivity index (χ4n) is 1.39. The maximum atomic E-state index is 9.81. The molecule has 1 unspecified atom stereocenters. The normalized spacial score (nSPS) is 12.8. The number of aliphatic hydroxyl groups is 1. The highest BCUT2D eigenvalue weighted by Crippen LogP contribution is 2.05. The van der Waals surface area contributed by atoms with E-state index in [-0.39, 0.29) is 6.10 Å². The van der Waals surface area contributed by atoms with Crippen molar-refractivity contribution in [2.24, 2.45) is 0 Å². The van der Waals surface area contributed by atoms with Gasteiger partial charge in [0, 0.05) is 6.42 Å². The van der Waals surface area contributed by atoms with Crippen molar-refractivity contribution in [1.29, 1.82) is 0 Å². The lowest BCUT2D eigenvalue weighted by molar-refractivity contribution is 0.181. The Kier molecular flexibility index (Phi) is 4.79. The smallest absolute Gasteiger partial charge is 0.129 e. The Morgan fingerprint density at radius 2 is 1.81 bits per heavy atom. The molecule has 0 radical (unpaired) electrons. The van der Waals surface area contributed by atoms with Crippen molar-refractivity contribution in [2.75, 3.05) is 0 Å². The van der Waals surface area contributed by atoms with E-state index in [2.05, 4.69) is 31.1 Å². The van der Waals surface area contributed by atoms with Gasteiger partial charge in [-0.2, -0.15) is 0 Å². The molecule has 1 N–H and O–H groups in total. The quantitative estimate of drug-likeness (QED) is 0.627. The van der Waals surface area contributed by atoms with E-state index in [1.165, 1.54) is 5.56 Å². The maximum Gasteiger partial charge on any atom is 0.129 e. The molecule has 0 spiro atoms. The third-order valence-corrected chi connectivity index (χ3v) is 3.04. The second-order valence-electron chi connectivity index (χ2n) is 5.10. The predicted molar refractivity (Wildman–Crippen MR) is 71.9 cm³/mol. The molecular weight excluding hydrogens is 212 g/mol. The van der Waals surface area contributed by atoms with Gasteiger partial charge in [0.25, 0.3) is 0 Å². The number of hydrogen-bond acceptors (Lipinski definition) is 1. The van der Waals surface area contributed by atoms with E-state index in [4.69, 9.17) is 0 Å². The molecule has 1 aromatic carbocycles. The van der Waals surface area contributed by atoms with Crippen molar-refractivity contribution in [3.63, 3.8) is 0 Å². The summed E-state index contributed by atoms with van der Waals surface area (Å²) in [6, 6.07) is 10.1. The lowest BCUT2D eigenvalue weighted by Gasteiger charge is -2.07. The summed E-state index contributed by atoms with van der Waals surface area (Å²) < 4.78 is 0. The monoisotopic (exact) mass is 232 g/mol. The first-order valence-electron chi connectivity index (χ1n) is 5.69. The van der Waals surface area contributed by atoms with Crippen LogP contribution in [0.2, 0.25) is 19.6 Å². The topological polar surface area (TPSA) is 20.2 Å². The molecule has 0 saturated heterocycles. The van der Waals surface area contributed by atoms with Crippen LogP contribution < -0.4 is 0 Å². The zero-order chi connectivity index (χ0) is 12.0. The Labute approximate surface area is 99.5 Å². The van der Waals surface area contributed by atoms with Gasteiger partial charge in [0.1, 0.15) is 8.07 Å². The lowest BCUT2D eigenvalue weighted by atomic mass is 10.1. The Bertz CT molecular complexity index is 367. The molecule has 0 fully saturated rings. The van der Waals surface area contributed by atoms with Gasteiger partial charge in [-0.3, -0.25) is 0 Å². The van der Waals surface area contributed by atoms with E-state index in [9.17, 15) is 5.11 Å². The third kappa shape index (κ3) is 5.74. The molecule has 0 amide bonds. The van der Waals surface area contributed by atoms with Gasteiger partial charge in [0.05, 0.1) is 6.10 Å². The molecule has 0 aliphatic carbocycles. The van der Waals surface area contributed by atoms with Gasteiger partial charge in [-0.15, -0.1) is 11.5 Å². The highest BCUT2D eigenvalue weighted by molar-refractivity contribution is 6.83. The Hall–Kier alpha value is -1.04. The number of aliphatic hydroxyl groups excluding tert-OH is 1. The largest absolute Gasteiger partial charge is 0.392 e. The van der Waals surface area contributed by atoms with E-state index in [1.807, 2.05) is 30.3 Å². The van der Waals surface area contributed by atoms with Crippen LogP contribution >= 0.6 is 0 Å². The Morgan fingerprint density at radius 1 is 1.19 bits per heavy atom. The molecule has 16 heavy (non-hydrogen) atoms. The Morgan fingerprint density at radius 3 is 2.38 bits per heavy atom. The SMILES string of the molecule is C[Si](C)(C)C#CCC(O)Cc1ccccc1. The van der Waals surface area contributed by atoms with Crippen molar-refractivity contribution >= 4 is 8.07 Å². The molecule has 0 bridgehead atoms. The lowest BCUT2D eigenvalue weighted by Crippen LogP contribution is -2.17. The number of hydrogen-bond donors (Lipinski definition) is 1. The third-order valence-electron chi connectivity index (χ3n) is 2.12. The first kappa shape index (κ1) is 13.0. The number of benzene rings is 1. The van der Waals surface area contributed by atoms with Gasteiger partial charge in [-0.05, 0) is 12.0 Å². The Balaban J connectivity index is 2.42. The molecule has 0 aliphatic rings. The van der Waals surface area contributed by atoms with Crippen LogP contribution in [0.1, 0.15) is 12.0 Å². The van der Waals surface area contributed by atoms with Crippen LogP contribution in [0.5, 0.6) is 0 Å². The zero-order valence-corrected chi connectivity index (χ0v) is 11.3. The van der Waals surface area contributed by atoms with Crippen LogP contribution in [0.4, 0.5) is 0 Å². The van der Waals surface area contributed by atoms with E-state index < -0.39 is 8.07 Å². The van der Waals surface area contributed by atoms with Crippen molar-refractivity contribution in [3.05, 3.63) is 35.9 Å². The average Bonchev–Trinajstić information content (AvgIpc) is 2.17. The van der Waals surface area contributed by atoms with Crippen LogP contribution in [0, 0.1) is 11.5 Å². The second kappa shape index (κ2) is 5.88. The fraction of sp³-hybridized carbons (Fsp3) is 0.429. The number of rotatable bonds is 3. The zero-order valence-electron chi connectivity index (χ0n) is 10.3. The summed E-state index contributed by atoms with van der Waals surface area (Å²) in [6.45, 7) is 6.64. The summed E-state index contributed by atoms with van der Waals surface area (Å²) in [7, 11) is -1.29. The molecule has 86 valence electrons. The molecule has 0 heterocycles. The molecule has 1 rings (SSSR count). The van der Waals surface area contributed by atoms with Gasteiger partial charge < -0.3 is 5.11 Å². The van der Waals surface area contributed by atoms with Crippen molar-refractivity contribution in [2.45, 2.75) is 38.6 Å². The van der Waals surface area contributed by atoms with Gasteiger partial charge >= 0.3 is 0 Å². The standard InChI is InChI=1S/C14H20OSi/c1-16(2,3)11-7-10-14(15)12-13-8-5-4-6-9-13/h4-6,8-9,14-15H,10,12H2,1-3H3. The fourth-order valence-corrected chi connectivity index (χ4v) is 2.02. The summed E-state index contributed by atoms with van der Waals surface area (Å²) >= 11 is 0. The van der Waals surface area contributed by atoms with Crippen LogP contribution in [-0.4, -0.2) is 19.3 Å². The predicted octanol–water partition coefficient (Wildman–Crippen LogP) is 2.86. The summed E-state index contributed by atoms with van der Waals surface area (Å²) in [5.74, 6) is 3.11. The van der Waals surface area contributed by atoms with Gasteiger partial charge in [-0.25, -0.2) is 0 Å². The van der Waals surface area contributed by atoms with Crippen LogP contribution in [0.3, 0.4) is 0 Å². The minimum absolute atomic E-state index is 0.341. The van der Waals surface area contributed by atoms with Gasteiger partial charge in [-0.1, -0.05) is 50.0 Å². The minimum atomic E-state index is -1.29. The van der Waals surface area contributed by atoms with E-state index in [1.54, 1.807) is 0 Å². The highest BCUT2D eigenvalue weighted by atomic mass is 28.3. The van der Waals surface area contributed by atoms with Gasteiger partial charge in [0.15, 0.2) is 0 Å². The van der Waals surface area contributed by atoms with Crippen LogP contribution in [0.25, 0.3) is 0 Å². The van der Waals surface area contributed by atoms with E-state index in [0.717, 1.165) is 0 Å². The second-order valence-corrected chi connectivity index (χ2v) is 9.85. The molecule has 1 atom stereocenters. The molecule has 1 nitrogen and oxygen atoms in total. The van der Waals surface area contributed by atoms with E-state index >= 15 is 0 Å². The van der Waals surface area contributed by atoms with Crippen LogP contribution in [0.15, 0.2) is 30.3 Å². The van der Waals surface area contributed by atoms with Crippen LogP contribution in [-0.2, 0) is 6.42 Å². The summed E-state index contributed by atoms with van der Waals surface area (Å²) in [5.41, 5.74) is 4.44. The average molecular weight is 232 g/mol. The summed E-state index contributed by atoms with van der Waals surface area (Å²) in [4.78, 5) is 0. The highest BCUT2D eigenvalue weighted by Gasteiger charge is 2.08. The molecule has 2 heteroatoms. The molecule has 0 aliphatic heterocycles. The molecule has 0 saturated carbocycles. The maximum absolute atomic E-state index is 9.81. The van der Waals surface area contributed by atoms with Crippen molar-refractivity contribution < 1.29 is 5.11 Å². The molecule has 0 aromatic heterocycles. The van der Waals surface area contributed by atoms with Gasteiger partial charge in [0.2, 0.25) is 0 Å². The first-order valence-corrected chi connectivity index (χ1v) is 9.19. The van der Waals surface area contributed by atoms with E-state index in [0.29, 0.717) is 12.8 Å². The summed E-state index contributed by atoms with van der Waals surface area (Å²) in [6.07, 6.45) is 0.937. The minimum Gasteiger partial charge on any atom is -0.392 e. The molecule has 1 aromatic rings. The molecular formula is C14H20OSi. The van der Waals surface area contributed by atoms with Crippen molar-refractivity contribution in [3.8, 4) is 11.5 Å². The summed E-state index contributed by atoms with van der Waals surface area (Å²) in [5, 5.41) is 9.81. The first-order chi connectivity index (χ1) is 7.47.